The fourth-order valence-electron chi connectivity index (χ4n) is 1.78. The summed E-state index contributed by atoms with van der Waals surface area (Å²) in [5.41, 5.74) is 1.33. The summed E-state index contributed by atoms with van der Waals surface area (Å²) in [6.45, 7) is 2.40. The number of carbonyl (C=O) groups excluding carboxylic acids is 1. The van der Waals surface area contributed by atoms with Gasteiger partial charge in [0.05, 0.1) is 5.56 Å². The first-order valence-electron chi connectivity index (χ1n) is 6.69. The number of hydrogen-bond donors (Lipinski definition) is 1. The predicted octanol–water partition coefficient (Wildman–Crippen LogP) is 1.14. The normalized spacial score (nSPS) is 10.2. The standard InChI is InChI=1S/C14H18N6O/c1-4-12-16-7-11(8-17-12)13(21)20(3)9-10-5-18-14(15-2)19-6-10/h5-8H,4,9H2,1-3H3,(H,15,18,19). The molecule has 0 bridgehead atoms. The van der Waals surface area contributed by atoms with Gasteiger partial charge in [0.15, 0.2) is 0 Å². The lowest BCUT2D eigenvalue weighted by atomic mass is 10.2. The largest absolute Gasteiger partial charge is 0.357 e. The molecule has 0 aliphatic carbocycles. The number of nitrogens with one attached hydrogen (secondary N) is 1. The quantitative estimate of drug-likeness (QED) is 0.887. The lowest BCUT2D eigenvalue weighted by Crippen LogP contribution is -2.26. The summed E-state index contributed by atoms with van der Waals surface area (Å²) in [7, 11) is 3.48. The SMILES string of the molecule is CCc1ncc(C(=O)N(C)Cc2cnc(NC)nc2)cn1. The first kappa shape index (κ1) is 14.8. The Morgan fingerprint density at radius 3 is 2.29 bits per heavy atom. The average molecular weight is 286 g/mol. The molecule has 0 aliphatic heterocycles. The van der Waals surface area contributed by atoms with Gasteiger partial charge in [-0.25, -0.2) is 19.9 Å². The van der Waals surface area contributed by atoms with Crippen molar-refractivity contribution in [2.45, 2.75) is 19.9 Å². The monoisotopic (exact) mass is 286 g/mol. The Labute approximate surface area is 123 Å². The predicted molar refractivity (Wildman–Crippen MR) is 78.8 cm³/mol. The maximum absolute atomic E-state index is 12.3. The minimum absolute atomic E-state index is 0.129. The van der Waals surface area contributed by atoms with Crippen molar-refractivity contribution in [3.63, 3.8) is 0 Å². The highest BCUT2D eigenvalue weighted by molar-refractivity contribution is 5.93. The first-order chi connectivity index (χ1) is 10.1. The lowest BCUT2D eigenvalue weighted by molar-refractivity contribution is 0.0784. The van der Waals surface area contributed by atoms with Gasteiger partial charge in [0.2, 0.25) is 5.95 Å². The second-order valence-corrected chi connectivity index (χ2v) is 4.57. The van der Waals surface area contributed by atoms with E-state index in [2.05, 4.69) is 25.3 Å². The second kappa shape index (κ2) is 6.74. The van der Waals surface area contributed by atoms with Crippen LogP contribution in [0.3, 0.4) is 0 Å². The summed E-state index contributed by atoms with van der Waals surface area (Å²) >= 11 is 0. The Balaban J connectivity index is 2.03. The zero-order valence-electron chi connectivity index (χ0n) is 12.4. The van der Waals surface area contributed by atoms with Crippen LogP contribution in [0.5, 0.6) is 0 Å². The summed E-state index contributed by atoms with van der Waals surface area (Å²) in [5, 5.41) is 2.85. The molecule has 110 valence electrons. The topological polar surface area (TPSA) is 83.9 Å². The number of rotatable bonds is 5. The zero-order chi connectivity index (χ0) is 15.2. The molecule has 2 rings (SSSR count). The smallest absolute Gasteiger partial charge is 0.257 e. The molecule has 0 saturated carbocycles. The third-order valence-corrected chi connectivity index (χ3v) is 2.96. The van der Waals surface area contributed by atoms with E-state index in [4.69, 9.17) is 0 Å². The molecule has 0 radical (unpaired) electrons. The van der Waals surface area contributed by atoms with E-state index in [9.17, 15) is 4.79 Å². The maximum Gasteiger partial charge on any atom is 0.257 e. The van der Waals surface area contributed by atoms with Gasteiger partial charge in [0.1, 0.15) is 5.82 Å². The molecule has 21 heavy (non-hydrogen) atoms. The van der Waals surface area contributed by atoms with Gasteiger partial charge >= 0.3 is 0 Å². The third kappa shape index (κ3) is 3.71. The second-order valence-electron chi connectivity index (χ2n) is 4.57. The highest BCUT2D eigenvalue weighted by Crippen LogP contribution is 2.07. The van der Waals surface area contributed by atoms with Crippen molar-refractivity contribution in [3.05, 3.63) is 41.7 Å². The number of anilines is 1. The Kier molecular flexibility index (Phi) is 4.76. The van der Waals surface area contributed by atoms with Gasteiger partial charge in [-0.3, -0.25) is 4.79 Å². The van der Waals surface area contributed by atoms with Gasteiger partial charge in [0, 0.05) is 57.4 Å². The van der Waals surface area contributed by atoms with E-state index in [-0.39, 0.29) is 5.91 Å². The number of hydrogen-bond acceptors (Lipinski definition) is 6. The molecular formula is C14H18N6O. The van der Waals surface area contributed by atoms with Crippen LogP contribution < -0.4 is 5.32 Å². The molecule has 1 amide bonds. The number of aryl methyl sites for hydroxylation is 1. The van der Waals surface area contributed by atoms with Crippen molar-refractivity contribution in [2.24, 2.45) is 0 Å². The van der Waals surface area contributed by atoms with Crippen LogP contribution in [-0.2, 0) is 13.0 Å². The molecule has 7 heteroatoms. The van der Waals surface area contributed by atoms with Crippen molar-refractivity contribution >= 4 is 11.9 Å². The highest BCUT2D eigenvalue weighted by atomic mass is 16.2. The molecule has 0 saturated heterocycles. The number of carbonyl (C=O) groups is 1. The van der Waals surface area contributed by atoms with E-state index in [1.54, 1.807) is 43.8 Å². The van der Waals surface area contributed by atoms with E-state index in [1.807, 2.05) is 6.92 Å². The van der Waals surface area contributed by atoms with E-state index in [1.165, 1.54) is 0 Å². The molecule has 1 N–H and O–H groups in total. The van der Waals surface area contributed by atoms with Crippen molar-refractivity contribution < 1.29 is 4.79 Å². The van der Waals surface area contributed by atoms with Crippen LogP contribution in [0.25, 0.3) is 0 Å². The van der Waals surface area contributed by atoms with Crippen molar-refractivity contribution in [1.82, 2.24) is 24.8 Å². The van der Waals surface area contributed by atoms with Crippen LogP contribution >= 0.6 is 0 Å². The molecule has 0 atom stereocenters. The van der Waals surface area contributed by atoms with Crippen molar-refractivity contribution in [2.75, 3.05) is 19.4 Å². The van der Waals surface area contributed by atoms with Crippen LogP contribution in [0.1, 0.15) is 28.7 Å². The summed E-state index contributed by atoms with van der Waals surface area (Å²) < 4.78 is 0. The van der Waals surface area contributed by atoms with Crippen LogP contribution in [0.4, 0.5) is 5.95 Å². The molecule has 0 fully saturated rings. The lowest BCUT2D eigenvalue weighted by Gasteiger charge is -2.16. The van der Waals surface area contributed by atoms with Gasteiger partial charge in [-0.2, -0.15) is 0 Å². The number of nitrogens with zero attached hydrogens (tertiary/aromatic N) is 5. The molecular weight excluding hydrogens is 268 g/mol. The first-order valence-corrected chi connectivity index (χ1v) is 6.69. The average Bonchev–Trinajstić information content (AvgIpc) is 2.55. The highest BCUT2D eigenvalue weighted by Gasteiger charge is 2.13. The minimum Gasteiger partial charge on any atom is -0.357 e. The minimum atomic E-state index is -0.129. The molecule has 0 spiro atoms. The molecule has 0 aliphatic rings. The molecule has 0 aromatic carbocycles. The Morgan fingerprint density at radius 1 is 1.14 bits per heavy atom. The van der Waals surface area contributed by atoms with Crippen molar-refractivity contribution in [3.8, 4) is 0 Å². The summed E-state index contributed by atoms with van der Waals surface area (Å²) in [6.07, 6.45) is 7.26. The van der Waals surface area contributed by atoms with E-state index < -0.39 is 0 Å². The van der Waals surface area contributed by atoms with Crippen LogP contribution in [0, 0.1) is 0 Å². The zero-order valence-corrected chi connectivity index (χ0v) is 12.4. The molecule has 2 heterocycles. The van der Waals surface area contributed by atoms with Crippen molar-refractivity contribution in [1.29, 1.82) is 0 Å². The van der Waals surface area contributed by atoms with Gasteiger partial charge in [0.25, 0.3) is 5.91 Å². The van der Waals surface area contributed by atoms with E-state index in [0.717, 1.165) is 17.8 Å². The fraction of sp³-hybridized carbons (Fsp3) is 0.357. The Hall–Kier alpha value is -2.57. The Bertz CT molecular complexity index is 596. The van der Waals surface area contributed by atoms with Gasteiger partial charge in [-0.15, -0.1) is 0 Å². The molecule has 0 unspecified atom stereocenters. The number of aromatic nitrogens is 4. The molecule has 2 aromatic heterocycles. The number of amides is 1. The summed E-state index contributed by atoms with van der Waals surface area (Å²) in [5.74, 6) is 1.15. The fourth-order valence-corrected chi connectivity index (χ4v) is 1.78. The maximum atomic E-state index is 12.3. The molecule has 7 nitrogen and oxygen atoms in total. The third-order valence-electron chi connectivity index (χ3n) is 2.96. The van der Waals surface area contributed by atoms with Gasteiger partial charge in [-0.05, 0) is 0 Å². The molecule has 2 aromatic rings. The van der Waals surface area contributed by atoms with Gasteiger partial charge in [-0.1, -0.05) is 6.92 Å². The van der Waals surface area contributed by atoms with E-state index >= 15 is 0 Å². The Morgan fingerprint density at radius 2 is 1.76 bits per heavy atom. The summed E-state index contributed by atoms with van der Waals surface area (Å²) in [6, 6.07) is 0. The van der Waals surface area contributed by atoms with E-state index in [0.29, 0.717) is 18.1 Å². The van der Waals surface area contributed by atoms with Crippen LogP contribution in [-0.4, -0.2) is 44.8 Å². The van der Waals surface area contributed by atoms with Crippen LogP contribution in [0.2, 0.25) is 0 Å². The summed E-state index contributed by atoms with van der Waals surface area (Å²) in [4.78, 5) is 30.4. The van der Waals surface area contributed by atoms with Crippen LogP contribution in [0.15, 0.2) is 24.8 Å². The van der Waals surface area contributed by atoms with Gasteiger partial charge < -0.3 is 10.2 Å².